The number of hydrogen-bond donors (Lipinski definition) is 1. The van der Waals surface area contributed by atoms with Crippen LogP contribution in [-0.4, -0.2) is 40.3 Å². The molecular weight excluding hydrogens is 316 g/mol. The molecule has 0 radical (unpaired) electrons. The summed E-state index contributed by atoms with van der Waals surface area (Å²) in [6.07, 6.45) is 3.03. The number of rotatable bonds is 4. The maximum Gasteiger partial charge on any atom is 0.270 e. The lowest BCUT2D eigenvalue weighted by molar-refractivity contribution is 0.0738. The predicted molar refractivity (Wildman–Crippen MR) is 93.2 cm³/mol. The maximum absolute atomic E-state index is 12.5. The predicted octanol–water partition coefficient (Wildman–Crippen LogP) is 1.48. The monoisotopic (exact) mass is 338 g/mol. The van der Waals surface area contributed by atoms with Crippen molar-refractivity contribution < 1.29 is 4.79 Å². The molecule has 0 aliphatic heterocycles. The van der Waals surface area contributed by atoms with Crippen LogP contribution in [0.3, 0.4) is 0 Å². The van der Waals surface area contributed by atoms with Crippen molar-refractivity contribution in [2.45, 2.75) is 20.8 Å². The molecule has 0 bridgehead atoms. The minimum absolute atomic E-state index is 0. The van der Waals surface area contributed by atoms with Gasteiger partial charge >= 0.3 is 0 Å². The van der Waals surface area contributed by atoms with Gasteiger partial charge in [0.2, 0.25) is 0 Å². The largest absolute Gasteiger partial charge is 0.341 e. The smallest absolute Gasteiger partial charge is 0.270 e. The van der Waals surface area contributed by atoms with Crippen molar-refractivity contribution in [2.24, 2.45) is 11.1 Å². The van der Waals surface area contributed by atoms with Gasteiger partial charge in [-0.05, 0) is 30.5 Å². The highest BCUT2D eigenvalue weighted by Crippen LogP contribution is 2.15. The number of aryl methyl sites for hydroxylation is 1. The quantitative estimate of drug-likeness (QED) is 0.915. The van der Waals surface area contributed by atoms with Gasteiger partial charge < -0.3 is 10.6 Å². The van der Waals surface area contributed by atoms with Crippen LogP contribution in [0, 0.1) is 12.3 Å². The standard InChI is InChI=1S/C16H22N4O2.ClH/c1-11-5-6-13-18-7-12(15(22)20(13)8-11)14(21)19(4)10-16(2,3)9-17;/h5-8H,9-10,17H2,1-4H3;1H. The second kappa shape index (κ2) is 7.10. The van der Waals surface area contributed by atoms with E-state index < -0.39 is 0 Å². The summed E-state index contributed by atoms with van der Waals surface area (Å²) in [5.74, 6) is -0.338. The number of pyridine rings is 1. The molecule has 2 rings (SSSR count). The number of hydrogen-bond acceptors (Lipinski definition) is 4. The van der Waals surface area contributed by atoms with Crippen LogP contribution in [0.5, 0.6) is 0 Å². The molecule has 2 N–H and O–H groups in total. The Labute approximate surface area is 141 Å². The van der Waals surface area contributed by atoms with Crippen molar-refractivity contribution in [3.63, 3.8) is 0 Å². The van der Waals surface area contributed by atoms with Gasteiger partial charge in [0.15, 0.2) is 0 Å². The molecule has 2 aromatic heterocycles. The van der Waals surface area contributed by atoms with Gasteiger partial charge in [0.05, 0.1) is 0 Å². The van der Waals surface area contributed by atoms with E-state index >= 15 is 0 Å². The molecule has 23 heavy (non-hydrogen) atoms. The fourth-order valence-corrected chi connectivity index (χ4v) is 2.31. The van der Waals surface area contributed by atoms with E-state index in [1.807, 2.05) is 26.8 Å². The first-order valence-corrected chi connectivity index (χ1v) is 7.19. The van der Waals surface area contributed by atoms with Crippen molar-refractivity contribution >= 4 is 24.0 Å². The molecule has 0 unspecified atom stereocenters. The summed E-state index contributed by atoms with van der Waals surface area (Å²) >= 11 is 0. The first-order chi connectivity index (χ1) is 10.2. The van der Waals surface area contributed by atoms with Gasteiger partial charge in [-0.15, -0.1) is 12.4 Å². The minimum atomic E-state index is -0.351. The van der Waals surface area contributed by atoms with Gasteiger partial charge in [0.25, 0.3) is 11.5 Å². The molecule has 0 saturated heterocycles. The normalized spacial score (nSPS) is 11.2. The number of halogens is 1. The summed E-state index contributed by atoms with van der Waals surface area (Å²) in [7, 11) is 1.67. The Balaban J connectivity index is 0.00000264. The number of amides is 1. The summed E-state index contributed by atoms with van der Waals surface area (Å²) in [4.78, 5) is 30.7. The molecule has 7 heteroatoms. The zero-order valence-corrected chi connectivity index (χ0v) is 14.7. The third-order valence-corrected chi connectivity index (χ3v) is 3.64. The first kappa shape index (κ1) is 19.1. The third kappa shape index (κ3) is 4.09. The van der Waals surface area contributed by atoms with Crippen LogP contribution in [0.25, 0.3) is 5.65 Å². The van der Waals surface area contributed by atoms with Crippen LogP contribution in [0.1, 0.15) is 29.8 Å². The molecule has 0 aliphatic carbocycles. The second-order valence-corrected chi connectivity index (χ2v) is 6.44. The van der Waals surface area contributed by atoms with E-state index in [2.05, 4.69) is 4.98 Å². The maximum atomic E-state index is 12.5. The summed E-state index contributed by atoms with van der Waals surface area (Å²) in [5, 5.41) is 0. The summed E-state index contributed by atoms with van der Waals surface area (Å²) in [6, 6.07) is 3.63. The molecule has 0 saturated carbocycles. The first-order valence-electron chi connectivity index (χ1n) is 7.19. The SMILES string of the molecule is Cc1ccc2ncc(C(=O)N(C)CC(C)(C)CN)c(=O)n2c1.Cl. The molecular formula is C16H23ClN4O2. The molecule has 0 aliphatic rings. The lowest BCUT2D eigenvalue weighted by atomic mass is 9.93. The van der Waals surface area contributed by atoms with Crippen LogP contribution in [0.4, 0.5) is 0 Å². The van der Waals surface area contributed by atoms with Crippen molar-refractivity contribution in [3.8, 4) is 0 Å². The van der Waals surface area contributed by atoms with Gasteiger partial charge in [-0.2, -0.15) is 0 Å². The number of nitrogens with two attached hydrogens (primary N) is 1. The molecule has 1 amide bonds. The summed E-state index contributed by atoms with van der Waals surface area (Å²) < 4.78 is 1.41. The van der Waals surface area contributed by atoms with Gasteiger partial charge in [-0.25, -0.2) is 4.98 Å². The molecule has 126 valence electrons. The van der Waals surface area contributed by atoms with Crippen molar-refractivity contribution in [1.82, 2.24) is 14.3 Å². The van der Waals surface area contributed by atoms with E-state index in [1.54, 1.807) is 19.3 Å². The number of fused-ring (bicyclic) bond motifs is 1. The van der Waals surface area contributed by atoms with E-state index in [9.17, 15) is 9.59 Å². The molecule has 0 atom stereocenters. The number of nitrogens with zero attached hydrogens (tertiary/aromatic N) is 3. The molecule has 2 aromatic rings. The van der Waals surface area contributed by atoms with E-state index in [0.29, 0.717) is 18.7 Å². The molecule has 0 spiro atoms. The van der Waals surface area contributed by atoms with Crippen LogP contribution < -0.4 is 11.3 Å². The summed E-state index contributed by atoms with van der Waals surface area (Å²) in [5.41, 5.74) is 6.66. The van der Waals surface area contributed by atoms with E-state index in [0.717, 1.165) is 5.56 Å². The number of carbonyl (C=O) groups is 1. The molecule has 0 fully saturated rings. The third-order valence-electron chi connectivity index (χ3n) is 3.64. The highest BCUT2D eigenvalue weighted by atomic mass is 35.5. The van der Waals surface area contributed by atoms with Crippen molar-refractivity contribution in [1.29, 1.82) is 0 Å². The average molecular weight is 339 g/mol. The van der Waals surface area contributed by atoms with E-state index in [4.69, 9.17) is 5.73 Å². The van der Waals surface area contributed by atoms with Gasteiger partial charge in [0, 0.05) is 26.0 Å². The highest BCUT2D eigenvalue weighted by molar-refractivity contribution is 5.93. The number of carbonyl (C=O) groups excluding carboxylic acids is 1. The summed E-state index contributed by atoms with van der Waals surface area (Å²) in [6.45, 7) is 6.77. The Morgan fingerprint density at radius 3 is 2.65 bits per heavy atom. The Kier molecular flexibility index (Phi) is 5.91. The lowest BCUT2D eigenvalue weighted by Crippen LogP contribution is -2.41. The van der Waals surface area contributed by atoms with Crippen LogP contribution >= 0.6 is 12.4 Å². The van der Waals surface area contributed by atoms with Crippen molar-refractivity contribution in [2.75, 3.05) is 20.1 Å². The van der Waals surface area contributed by atoms with Gasteiger partial charge in [-0.3, -0.25) is 14.0 Å². The second-order valence-electron chi connectivity index (χ2n) is 6.44. The van der Waals surface area contributed by atoms with E-state index in [1.165, 1.54) is 15.5 Å². The molecule has 0 aromatic carbocycles. The molecule has 6 nitrogen and oxygen atoms in total. The van der Waals surface area contributed by atoms with Crippen molar-refractivity contribution in [3.05, 3.63) is 46.0 Å². The fraction of sp³-hybridized carbons (Fsp3) is 0.438. The topological polar surface area (TPSA) is 80.7 Å². The van der Waals surface area contributed by atoms with Crippen LogP contribution in [0.15, 0.2) is 29.3 Å². The Hall–Kier alpha value is -1.92. The average Bonchev–Trinajstić information content (AvgIpc) is 2.47. The Morgan fingerprint density at radius 1 is 1.39 bits per heavy atom. The molecule has 2 heterocycles. The Morgan fingerprint density at radius 2 is 2.04 bits per heavy atom. The van der Waals surface area contributed by atoms with E-state index in [-0.39, 0.29) is 34.9 Å². The Bertz CT molecular complexity index is 770. The van der Waals surface area contributed by atoms with Crippen LogP contribution in [0.2, 0.25) is 0 Å². The minimum Gasteiger partial charge on any atom is -0.341 e. The lowest BCUT2D eigenvalue weighted by Gasteiger charge is -2.28. The number of aromatic nitrogens is 2. The van der Waals surface area contributed by atoms with Crippen LogP contribution in [-0.2, 0) is 0 Å². The fourth-order valence-electron chi connectivity index (χ4n) is 2.31. The highest BCUT2D eigenvalue weighted by Gasteiger charge is 2.24. The van der Waals surface area contributed by atoms with Gasteiger partial charge in [-0.1, -0.05) is 19.9 Å². The zero-order chi connectivity index (χ0) is 16.5. The zero-order valence-electron chi connectivity index (χ0n) is 13.9. The van der Waals surface area contributed by atoms with Gasteiger partial charge in [0.1, 0.15) is 11.2 Å².